The van der Waals surface area contributed by atoms with Crippen LogP contribution in [0.1, 0.15) is 0 Å². The van der Waals surface area contributed by atoms with Gasteiger partial charge in [-0.05, 0) is 40.9 Å². The van der Waals surface area contributed by atoms with E-state index in [1.54, 1.807) is 0 Å². The van der Waals surface area contributed by atoms with Gasteiger partial charge in [-0.3, -0.25) is 0 Å². The molecule has 3 heterocycles. The SMILES string of the molecule is Clc1nc(-c2ccc(-c3nc(-c4ccccc4)c4ccccc4n3)cc2)c2oc3ccc(-c4ccccc4)cc3c2n1. The molecule has 0 bridgehead atoms. The van der Waals surface area contributed by atoms with E-state index in [4.69, 9.17) is 26.0 Å². The molecule has 6 heteroatoms. The summed E-state index contributed by atoms with van der Waals surface area (Å²) in [6.07, 6.45) is 0. The Kier molecular flexibility index (Phi) is 5.76. The second kappa shape index (κ2) is 9.91. The molecule has 0 radical (unpaired) electrons. The summed E-state index contributed by atoms with van der Waals surface area (Å²) in [7, 11) is 0. The van der Waals surface area contributed by atoms with E-state index in [0.717, 1.165) is 55.4 Å². The minimum atomic E-state index is 0.166. The van der Waals surface area contributed by atoms with Gasteiger partial charge in [-0.25, -0.2) is 19.9 Å². The maximum absolute atomic E-state index is 6.46. The van der Waals surface area contributed by atoms with Crippen LogP contribution in [0.5, 0.6) is 0 Å². The molecule has 0 saturated carbocycles. The molecule has 5 nitrogen and oxygen atoms in total. The third-order valence-corrected chi connectivity index (χ3v) is 7.63. The Bertz CT molecular complexity index is 2250. The van der Waals surface area contributed by atoms with Crippen molar-refractivity contribution in [3.8, 4) is 45.0 Å². The molecule has 0 fully saturated rings. The molecule has 5 aromatic carbocycles. The zero-order valence-corrected chi connectivity index (χ0v) is 23.0. The lowest BCUT2D eigenvalue weighted by atomic mass is 10.0. The Labute approximate surface area is 246 Å². The van der Waals surface area contributed by atoms with Crippen LogP contribution in [0.4, 0.5) is 0 Å². The lowest BCUT2D eigenvalue weighted by molar-refractivity contribution is 0.667. The standard InChI is InChI=1S/C36H21ClN4O/c37-36-40-32(34-33(41-36)28-21-26(19-20-30(28)42-34)22-9-3-1-4-10-22)24-15-17-25(18-16-24)35-38-29-14-8-7-13-27(29)31(39-35)23-11-5-2-6-12-23/h1-21H. The van der Waals surface area contributed by atoms with Crippen molar-refractivity contribution in [3.63, 3.8) is 0 Å². The molecule has 0 atom stereocenters. The fraction of sp³-hybridized carbons (Fsp3) is 0. The third kappa shape index (κ3) is 4.19. The van der Waals surface area contributed by atoms with Crippen molar-refractivity contribution in [2.24, 2.45) is 0 Å². The number of halogens is 1. The summed E-state index contributed by atoms with van der Waals surface area (Å²) in [6.45, 7) is 0. The highest BCUT2D eigenvalue weighted by molar-refractivity contribution is 6.29. The molecule has 0 unspecified atom stereocenters. The number of hydrogen-bond donors (Lipinski definition) is 0. The normalized spacial score (nSPS) is 11.5. The number of para-hydroxylation sites is 1. The van der Waals surface area contributed by atoms with Crippen LogP contribution in [0.15, 0.2) is 132 Å². The highest BCUT2D eigenvalue weighted by Crippen LogP contribution is 2.37. The van der Waals surface area contributed by atoms with Gasteiger partial charge in [0.2, 0.25) is 5.28 Å². The average molecular weight is 561 g/mol. The van der Waals surface area contributed by atoms with Crippen LogP contribution in [0.2, 0.25) is 5.28 Å². The van der Waals surface area contributed by atoms with Crippen molar-refractivity contribution < 1.29 is 4.42 Å². The van der Waals surface area contributed by atoms with Gasteiger partial charge in [0.15, 0.2) is 11.4 Å². The van der Waals surface area contributed by atoms with Gasteiger partial charge in [0, 0.05) is 27.5 Å². The zero-order chi connectivity index (χ0) is 28.0. The summed E-state index contributed by atoms with van der Waals surface area (Å²) >= 11 is 6.46. The predicted octanol–water partition coefficient (Wildman–Crippen LogP) is 9.64. The summed E-state index contributed by atoms with van der Waals surface area (Å²) < 4.78 is 6.30. The molecule has 198 valence electrons. The summed E-state index contributed by atoms with van der Waals surface area (Å²) in [6, 6.07) is 42.6. The van der Waals surface area contributed by atoms with Crippen molar-refractivity contribution in [1.82, 2.24) is 19.9 Å². The zero-order valence-electron chi connectivity index (χ0n) is 22.2. The first-order chi connectivity index (χ1) is 20.7. The number of rotatable bonds is 4. The second-order valence-corrected chi connectivity index (χ2v) is 10.4. The van der Waals surface area contributed by atoms with Crippen LogP contribution < -0.4 is 0 Å². The van der Waals surface area contributed by atoms with Crippen molar-refractivity contribution in [1.29, 1.82) is 0 Å². The van der Waals surface area contributed by atoms with Crippen LogP contribution in [-0.4, -0.2) is 19.9 Å². The van der Waals surface area contributed by atoms with Gasteiger partial charge in [0.05, 0.1) is 11.2 Å². The first-order valence-electron chi connectivity index (χ1n) is 13.6. The molecule has 0 N–H and O–H groups in total. The molecule has 8 aromatic rings. The van der Waals surface area contributed by atoms with E-state index in [1.807, 2.05) is 84.9 Å². The van der Waals surface area contributed by atoms with Crippen LogP contribution in [0, 0.1) is 0 Å². The van der Waals surface area contributed by atoms with E-state index in [1.165, 1.54) is 0 Å². The molecule has 0 saturated heterocycles. The van der Waals surface area contributed by atoms with E-state index < -0.39 is 0 Å². The summed E-state index contributed by atoms with van der Waals surface area (Å²) in [5, 5.41) is 2.08. The quantitative estimate of drug-likeness (QED) is 0.200. The Morgan fingerprint density at radius 3 is 1.90 bits per heavy atom. The number of aromatic nitrogens is 4. The van der Waals surface area contributed by atoms with Crippen LogP contribution in [-0.2, 0) is 0 Å². The summed E-state index contributed by atoms with van der Waals surface area (Å²) in [5.74, 6) is 0.655. The van der Waals surface area contributed by atoms with Crippen LogP contribution in [0.25, 0.3) is 78.0 Å². The largest absolute Gasteiger partial charge is 0.452 e. The Morgan fingerprint density at radius 2 is 1.12 bits per heavy atom. The lowest BCUT2D eigenvalue weighted by Crippen LogP contribution is -1.95. The fourth-order valence-electron chi connectivity index (χ4n) is 5.42. The molecule has 0 aliphatic rings. The highest BCUT2D eigenvalue weighted by Gasteiger charge is 2.18. The third-order valence-electron chi connectivity index (χ3n) is 7.46. The van der Waals surface area contributed by atoms with Crippen molar-refractivity contribution in [2.45, 2.75) is 0 Å². The summed E-state index contributed by atoms with van der Waals surface area (Å²) in [4.78, 5) is 19.0. The number of nitrogens with zero attached hydrogens (tertiary/aromatic N) is 4. The molecular weight excluding hydrogens is 540 g/mol. The fourth-order valence-corrected chi connectivity index (χ4v) is 5.59. The smallest absolute Gasteiger partial charge is 0.223 e. The molecule has 0 aliphatic heterocycles. The molecular formula is C36H21ClN4O. The minimum Gasteiger partial charge on any atom is -0.452 e. The number of hydrogen-bond acceptors (Lipinski definition) is 5. The van der Waals surface area contributed by atoms with E-state index in [2.05, 4.69) is 52.4 Å². The maximum Gasteiger partial charge on any atom is 0.223 e. The van der Waals surface area contributed by atoms with Crippen molar-refractivity contribution in [2.75, 3.05) is 0 Å². The first kappa shape index (κ1) is 24.4. The molecule has 3 aromatic heterocycles. The van der Waals surface area contributed by atoms with E-state index in [0.29, 0.717) is 22.6 Å². The minimum absolute atomic E-state index is 0.166. The van der Waals surface area contributed by atoms with Gasteiger partial charge >= 0.3 is 0 Å². The Balaban J connectivity index is 1.23. The predicted molar refractivity (Wildman–Crippen MR) is 169 cm³/mol. The van der Waals surface area contributed by atoms with Crippen molar-refractivity contribution in [3.05, 3.63) is 133 Å². The van der Waals surface area contributed by atoms with E-state index >= 15 is 0 Å². The van der Waals surface area contributed by atoms with Gasteiger partial charge in [0.1, 0.15) is 16.8 Å². The van der Waals surface area contributed by atoms with Gasteiger partial charge in [-0.2, -0.15) is 0 Å². The molecule has 8 rings (SSSR count). The summed E-state index contributed by atoms with van der Waals surface area (Å²) in [5.41, 5.74) is 9.46. The Morgan fingerprint density at radius 1 is 0.476 bits per heavy atom. The monoisotopic (exact) mass is 560 g/mol. The second-order valence-electron chi connectivity index (χ2n) is 10.1. The van der Waals surface area contributed by atoms with Gasteiger partial charge < -0.3 is 4.42 Å². The van der Waals surface area contributed by atoms with Gasteiger partial charge in [-0.1, -0.05) is 109 Å². The Hall–Kier alpha value is -5.39. The number of benzene rings is 5. The average Bonchev–Trinajstić information content (AvgIpc) is 3.42. The lowest BCUT2D eigenvalue weighted by Gasteiger charge is -2.10. The van der Waals surface area contributed by atoms with Crippen molar-refractivity contribution >= 4 is 44.6 Å². The van der Waals surface area contributed by atoms with Crippen LogP contribution >= 0.6 is 11.6 Å². The molecule has 0 aliphatic carbocycles. The maximum atomic E-state index is 6.46. The van der Waals surface area contributed by atoms with Gasteiger partial charge in [0.25, 0.3) is 0 Å². The van der Waals surface area contributed by atoms with E-state index in [-0.39, 0.29) is 5.28 Å². The van der Waals surface area contributed by atoms with Crippen LogP contribution in [0.3, 0.4) is 0 Å². The van der Waals surface area contributed by atoms with Gasteiger partial charge in [-0.15, -0.1) is 0 Å². The molecule has 0 spiro atoms. The van der Waals surface area contributed by atoms with E-state index in [9.17, 15) is 0 Å². The first-order valence-corrected chi connectivity index (χ1v) is 14.0. The highest BCUT2D eigenvalue weighted by atomic mass is 35.5. The number of furan rings is 1. The topological polar surface area (TPSA) is 64.7 Å². The number of fused-ring (bicyclic) bond motifs is 4. The molecule has 42 heavy (non-hydrogen) atoms. The molecule has 0 amide bonds.